The van der Waals surface area contributed by atoms with E-state index in [1.807, 2.05) is 66.3 Å². The number of amides is 2. The number of benzene rings is 2. The summed E-state index contributed by atoms with van der Waals surface area (Å²) in [6, 6.07) is 15.1. The summed E-state index contributed by atoms with van der Waals surface area (Å²) in [5, 5.41) is 6.59. The molecular formula is C21H23N3O3. The number of carbonyl (C=O) groups excluding carboxylic acids is 2. The van der Waals surface area contributed by atoms with Gasteiger partial charge in [-0.05, 0) is 23.8 Å². The third-order valence-electron chi connectivity index (χ3n) is 4.40. The number of hydrogen-bond donors (Lipinski definition) is 2. The molecule has 0 atom stereocenters. The number of para-hydroxylation sites is 1. The maximum absolute atomic E-state index is 12.4. The van der Waals surface area contributed by atoms with Gasteiger partial charge in [0, 0.05) is 37.2 Å². The van der Waals surface area contributed by atoms with Crippen LogP contribution in [-0.2, 0) is 18.3 Å². The molecule has 0 bridgehead atoms. The first-order chi connectivity index (χ1) is 13.1. The first-order valence-corrected chi connectivity index (χ1v) is 8.80. The minimum absolute atomic E-state index is 0.0837. The van der Waals surface area contributed by atoms with E-state index in [-0.39, 0.29) is 11.8 Å². The maximum Gasteiger partial charge on any atom is 0.253 e. The molecule has 2 amide bonds. The first-order valence-electron chi connectivity index (χ1n) is 8.80. The lowest BCUT2D eigenvalue weighted by Crippen LogP contribution is -2.35. The average Bonchev–Trinajstić information content (AvgIpc) is 3.03. The summed E-state index contributed by atoms with van der Waals surface area (Å²) in [5.41, 5.74) is 2.56. The molecule has 3 aromatic rings. The van der Waals surface area contributed by atoms with Crippen LogP contribution in [0.2, 0.25) is 0 Å². The number of methoxy groups -OCH3 is 1. The third-order valence-corrected chi connectivity index (χ3v) is 4.40. The summed E-state index contributed by atoms with van der Waals surface area (Å²) in [7, 11) is 3.52. The minimum atomic E-state index is -0.142. The Balaban J connectivity index is 1.46. The Labute approximate surface area is 158 Å². The van der Waals surface area contributed by atoms with E-state index in [0.717, 1.165) is 22.2 Å². The van der Waals surface area contributed by atoms with Gasteiger partial charge in [0.15, 0.2) is 0 Å². The van der Waals surface area contributed by atoms with E-state index in [1.165, 1.54) is 0 Å². The van der Waals surface area contributed by atoms with Crippen LogP contribution in [0.25, 0.3) is 10.9 Å². The molecule has 140 valence electrons. The number of nitrogens with one attached hydrogen (secondary N) is 2. The van der Waals surface area contributed by atoms with Gasteiger partial charge in [-0.2, -0.15) is 0 Å². The van der Waals surface area contributed by atoms with E-state index >= 15 is 0 Å². The second-order valence-electron chi connectivity index (χ2n) is 6.30. The average molecular weight is 365 g/mol. The van der Waals surface area contributed by atoms with Gasteiger partial charge >= 0.3 is 0 Å². The Bertz CT molecular complexity index is 945. The van der Waals surface area contributed by atoms with Crippen LogP contribution in [-0.4, -0.2) is 36.6 Å². The smallest absolute Gasteiger partial charge is 0.253 e. The minimum Gasteiger partial charge on any atom is -0.497 e. The van der Waals surface area contributed by atoms with Crippen molar-refractivity contribution in [3.05, 3.63) is 65.9 Å². The van der Waals surface area contributed by atoms with Crippen molar-refractivity contribution in [1.29, 1.82) is 0 Å². The van der Waals surface area contributed by atoms with Gasteiger partial charge in [0.05, 0.1) is 19.1 Å². The maximum atomic E-state index is 12.4. The molecule has 0 radical (unpaired) electrons. The molecule has 0 fully saturated rings. The number of carbonyl (C=O) groups is 2. The van der Waals surface area contributed by atoms with E-state index in [0.29, 0.717) is 25.1 Å². The van der Waals surface area contributed by atoms with Crippen LogP contribution in [0.4, 0.5) is 0 Å². The zero-order valence-electron chi connectivity index (χ0n) is 15.5. The topological polar surface area (TPSA) is 72.4 Å². The second kappa shape index (κ2) is 8.40. The van der Waals surface area contributed by atoms with Crippen LogP contribution in [0.1, 0.15) is 15.9 Å². The molecule has 1 heterocycles. The second-order valence-corrected chi connectivity index (χ2v) is 6.30. The summed E-state index contributed by atoms with van der Waals surface area (Å²) < 4.78 is 7.03. The molecule has 3 rings (SSSR count). The quantitative estimate of drug-likeness (QED) is 0.631. The number of nitrogens with zero attached hydrogens (tertiary/aromatic N) is 1. The number of aryl methyl sites for hydroxylation is 1. The van der Waals surface area contributed by atoms with Crippen molar-refractivity contribution in [1.82, 2.24) is 15.2 Å². The van der Waals surface area contributed by atoms with E-state index in [9.17, 15) is 9.59 Å². The van der Waals surface area contributed by atoms with Gasteiger partial charge in [-0.25, -0.2) is 0 Å². The highest BCUT2D eigenvalue weighted by Crippen LogP contribution is 2.19. The third kappa shape index (κ3) is 4.47. The number of rotatable bonds is 7. The van der Waals surface area contributed by atoms with Gasteiger partial charge in [-0.3, -0.25) is 9.59 Å². The van der Waals surface area contributed by atoms with Crippen LogP contribution in [0.15, 0.2) is 54.7 Å². The summed E-state index contributed by atoms with van der Waals surface area (Å²) in [6.45, 7) is 0.752. The summed E-state index contributed by atoms with van der Waals surface area (Å²) in [4.78, 5) is 24.4. The Kier molecular flexibility index (Phi) is 5.76. The highest BCUT2D eigenvalue weighted by atomic mass is 16.5. The lowest BCUT2D eigenvalue weighted by molar-refractivity contribution is -0.120. The van der Waals surface area contributed by atoms with E-state index in [4.69, 9.17) is 4.74 Å². The summed E-state index contributed by atoms with van der Waals surface area (Å²) >= 11 is 0. The van der Waals surface area contributed by atoms with Crippen molar-refractivity contribution in [2.45, 2.75) is 6.42 Å². The highest BCUT2D eigenvalue weighted by molar-refractivity contribution is 6.06. The molecule has 0 unspecified atom stereocenters. The summed E-state index contributed by atoms with van der Waals surface area (Å²) in [5.74, 6) is 0.533. The lowest BCUT2D eigenvalue weighted by atomic mass is 10.1. The number of aromatic nitrogens is 1. The first kappa shape index (κ1) is 18.5. The monoisotopic (exact) mass is 365 g/mol. The highest BCUT2D eigenvalue weighted by Gasteiger charge is 2.13. The van der Waals surface area contributed by atoms with Gasteiger partial charge in [-0.15, -0.1) is 0 Å². The fourth-order valence-corrected chi connectivity index (χ4v) is 2.99. The molecule has 6 nitrogen and oxygen atoms in total. The standard InChI is InChI=1S/C21H23N3O3/c1-24-14-18(17-5-3-4-6-19(17)24)21(26)23-12-11-22-20(25)13-15-7-9-16(27-2)10-8-15/h3-10,14H,11-13H2,1-2H3,(H,22,25)(H,23,26). The van der Waals surface area contributed by atoms with E-state index < -0.39 is 0 Å². The number of fused-ring (bicyclic) bond motifs is 1. The van der Waals surface area contributed by atoms with Crippen LogP contribution in [0.5, 0.6) is 5.75 Å². The van der Waals surface area contributed by atoms with Crippen molar-refractivity contribution >= 4 is 22.7 Å². The molecule has 0 saturated carbocycles. The molecule has 0 aliphatic rings. The van der Waals surface area contributed by atoms with Crippen molar-refractivity contribution < 1.29 is 14.3 Å². The van der Waals surface area contributed by atoms with Gasteiger partial charge in [0.1, 0.15) is 5.75 Å². The van der Waals surface area contributed by atoms with Crippen LogP contribution >= 0.6 is 0 Å². The van der Waals surface area contributed by atoms with Gasteiger partial charge in [-0.1, -0.05) is 30.3 Å². The molecule has 2 aromatic carbocycles. The molecule has 0 saturated heterocycles. The normalized spacial score (nSPS) is 10.6. The molecular weight excluding hydrogens is 342 g/mol. The molecule has 6 heteroatoms. The van der Waals surface area contributed by atoms with Gasteiger partial charge < -0.3 is 19.9 Å². The van der Waals surface area contributed by atoms with Crippen molar-refractivity contribution in [2.75, 3.05) is 20.2 Å². The van der Waals surface area contributed by atoms with Crippen LogP contribution < -0.4 is 15.4 Å². The van der Waals surface area contributed by atoms with Gasteiger partial charge in [0.25, 0.3) is 5.91 Å². The predicted octanol–water partition coefficient (Wildman–Crippen LogP) is 2.28. The number of hydrogen-bond acceptors (Lipinski definition) is 3. The molecule has 2 N–H and O–H groups in total. The molecule has 27 heavy (non-hydrogen) atoms. The van der Waals surface area contributed by atoms with Gasteiger partial charge in [0.2, 0.25) is 5.91 Å². The largest absolute Gasteiger partial charge is 0.497 e. The zero-order chi connectivity index (χ0) is 19.2. The Morgan fingerprint density at radius 2 is 1.70 bits per heavy atom. The number of ether oxygens (including phenoxy) is 1. The SMILES string of the molecule is COc1ccc(CC(=O)NCCNC(=O)c2cn(C)c3ccccc23)cc1. The predicted molar refractivity (Wildman–Crippen MR) is 105 cm³/mol. The van der Waals surface area contributed by atoms with Crippen molar-refractivity contribution in [3.8, 4) is 5.75 Å². The zero-order valence-corrected chi connectivity index (χ0v) is 15.5. The molecule has 0 aliphatic carbocycles. The Morgan fingerprint density at radius 3 is 2.44 bits per heavy atom. The Hall–Kier alpha value is -3.28. The summed E-state index contributed by atoms with van der Waals surface area (Å²) in [6.07, 6.45) is 2.11. The fraction of sp³-hybridized carbons (Fsp3) is 0.238. The molecule has 1 aromatic heterocycles. The van der Waals surface area contributed by atoms with E-state index in [2.05, 4.69) is 10.6 Å². The Morgan fingerprint density at radius 1 is 1.00 bits per heavy atom. The van der Waals surface area contributed by atoms with Crippen LogP contribution in [0.3, 0.4) is 0 Å². The van der Waals surface area contributed by atoms with Crippen molar-refractivity contribution in [2.24, 2.45) is 7.05 Å². The van der Waals surface area contributed by atoms with Crippen molar-refractivity contribution in [3.63, 3.8) is 0 Å². The van der Waals surface area contributed by atoms with Crippen LogP contribution in [0, 0.1) is 0 Å². The van der Waals surface area contributed by atoms with E-state index in [1.54, 1.807) is 7.11 Å². The fourth-order valence-electron chi connectivity index (χ4n) is 2.99. The molecule has 0 aliphatic heterocycles. The molecule has 0 spiro atoms. The lowest BCUT2D eigenvalue weighted by Gasteiger charge is -2.07.